The largest absolute Gasteiger partial charge is 0.741 e. The van der Waals surface area contributed by atoms with Crippen LogP contribution in [0.5, 0.6) is 0 Å². The van der Waals surface area contributed by atoms with Gasteiger partial charge in [0.1, 0.15) is 0 Å². The maximum absolute atomic E-state index is 12.2. The predicted molar refractivity (Wildman–Crippen MR) is 141 cm³/mol. The summed E-state index contributed by atoms with van der Waals surface area (Å²) in [7, 11) is 0. The molecule has 0 heterocycles. The lowest BCUT2D eigenvalue weighted by molar-refractivity contribution is -0.894. The Hall–Kier alpha value is -4.16. The van der Waals surface area contributed by atoms with Gasteiger partial charge in [-0.05, 0) is 37.4 Å². The molecule has 3 aromatic rings. The molecule has 3 aromatic carbocycles. The first kappa shape index (κ1) is 28.1. The van der Waals surface area contributed by atoms with Crippen molar-refractivity contribution in [3.8, 4) is 0 Å². The van der Waals surface area contributed by atoms with Crippen LogP contribution < -0.4 is 15.8 Å². The molecule has 12 heteroatoms. The van der Waals surface area contributed by atoms with Crippen LogP contribution in [0.3, 0.4) is 0 Å². The Labute approximate surface area is 213 Å². The number of amidine groups is 1. The first-order valence-electron chi connectivity index (χ1n) is 11.3. The Morgan fingerprint density at radius 2 is 1.44 bits per heavy atom. The highest BCUT2D eigenvalue weighted by atomic mass is 32.1. The number of aliphatic imine (C=N–C) groups is 1. The van der Waals surface area contributed by atoms with E-state index >= 15 is 0 Å². The molecule has 0 spiro atoms. The molecule has 0 radical (unpaired) electrons. The molecule has 3 rings (SSSR count). The van der Waals surface area contributed by atoms with Crippen molar-refractivity contribution in [3.05, 3.63) is 86.5 Å². The van der Waals surface area contributed by atoms with Crippen LogP contribution in [0.15, 0.2) is 65.7 Å². The number of fused-ring (bicyclic) bond motifs is 1. The van der Waals surface area contributed by atoms with Gasteiger partial charge in [-0.1, -0.05) is 36.4 Å². The molecular formula is C24H28N6O5S. The van der Waals surface area contributed by atoms with Crippen molar-refractivity contribution < 1.29 is 19.5 Å². The van der Waals surface area contributed by atoms with Crippen molar-refractivity contribution in [2.75, 3.05) is 19.6 Å². The number of hydrogen-bond acceptors (Lipinski definition) is 7. The van der Waals surface area contributed by atoms with Crippen molar-refractivity contribution in [3.63, 3.8) is 0 Å². The highest BCUT2D eigenvalue weighted by molar-refractivity contribution is 7.77. The molecule has 0 unspecified atom stereocenters. The summed E-state index contributed by atoms with van der Waals surface area (Å²) in [6.45, 7) is 10.5. The van der Waals surface area contributed by atoms with E-state index in [2.05, 4.69) is 36.6 Å². The number of nitro groups is 2. The van der Waals surface area contributed by atoms with Gasteiger partial charge in [0.2, 0.25) is 0 Å². The van der Waals surface area contributed by atoms with Crippen LogP contribution in [0.4, 0.5) is 17.1 Å². The fraction of sp³-hybridized carbons (Fsp3) is 0.250. The lowest BCUT2D eigenvalue weighted by Gasteiger charge is -2.15. The summed E-state index contributed by atoms with van der Waals surface area (Å²) in [5, 5.41) is 23.6. The number of nitrogens with zero attached hydrogens (tertiary/aromatic N) is 3. The topological polar surface area (TPSA) is 144 Å². The molecule has 0 aromatic heterocycles. The molecule has 0 bridgehead atoms. The van der Waals surface area contributed by atoms with Gasteiger partial charge in [0.05, 0.1) is 46.8 Å². The highest BCUT2D eigenvalue weighted by Gasteiger charge is 2.19. The molecule has 11 nitrogen and oxygen atoms in total. The second-order valence-corrected chi connectivity index (χ2v) is 7.94. The quantitative estimate of drug-likeness (QED) is 0.145. The van der Waals surface area contributed by atoms with Crippen LogP contribution in [0.1, 0.15) is 31.1 Å². The molecule has 0 atom stereocenters. The molecular weight excluding hydrogens is 484 g/mol. The molecule has 0 fully saturated rings. The van der Waals surface area contributed by atoms with Crippen LogP contribution in [0.25, 0.3) is 10.8 Å². The van der Waals surface area contributed by atoms with Gasteiger partial charge < -0.3 is 23.0 Å². The highest BCUT2D eigenvalue weighted by Crippen LogP contribution is 2.25. The second kappa shape index (κ2) is 13.7. The van der Waals surface area contributed by atoms with Gasteiger partial charge in [-0.25, -0.2) is 0 Å². The van der Waals surface area contributed by atoms with E-state index in [9.17, 15) is 25.0 Å². The van der Waals surface area contributed by atoms with Crippen molar-refractivity contribution in [2.45, 2.75) is 20.8 Å². The maximum Gasteiger partial charge on any atom is 0.277 e. The van der Waals surface area contributed by atoms with E-state index in [4.69, 9.17) is 12.6 Å². The zero-order chi connectivity index (χ0) is 26.7. The number of hydrogen-bond donors (Lipinski definition) is 3. The van der Waals surface area contributed by atoms with Gasteiger partial charge in [-0.2, -0.15) is 0 Å². The van der Waals surface area contributed by atoms with Crippen LogP contribution in [-0.2, 0) is 12.6 Å². The summed E-state index contributed by atoms with van der Waals surface area (Å²) in [4.78, 5) is 38.4. The minimum absolute atomic E-state index is 0.0605. The molecule has 0 saturated carbocycles. The summed E-state index contributed by atoms with van der Waals surface area (Å²) in [6.07, 6.45) is 0. The molecule has 0 saturated heterocycles. The second-order valence-electron chi connectivity index (χ2n) is 7.56. The number of hydrazine groups is 1. The van der Waals surface area contributed by atoms with Crippen molar-refractivity contribution >= 4 is 51.5 Å². The van der Waals surface area contributed by atoms with E-state index < -0.39 is 27.1 Å². The lowest BCUT2D eigenvalue weighted by atomic mass is 10.1. The molecule has 3 N–H and O–H groups in total. The average molecular weight is 513 g/mol. The number of non-ortho nitro benzene ring substituents is 2. The smallest absolute Gasteiger partial charge is 0.277 e. The van der Waals surface area contributed by atoms with Crippen LogP contribution >= 0.6 is 0 Å². The first-order valence-corrected chi connectivity index (χ1v) is 11.7. The predicted octanol–water partition coefficient (Wildman–Crippen LogP) is 3.06. The summed E-state index contributed by atoms with van der Waals surface area (Å²) >= 11 is 5.09. The third-order valence-corrected chi connectivity index (χ3v) is 5.55. The van der Waals surface area contributed by atoms with Gasteiger partial charge in [0, 0.05) is 17.5 Å². The summed E-state index contributed by atoms with van der Waals surface area (Å²) in [6, 6.07) is 15.6. The third kappa shape index (κ3) is 7.96. The fourth-order valence-corrected chi connectivity index (χ4v) is 3.46. The number of nitro benzene ring substituents is 2. The van der Waals surface area contributed by atoms with Gasteiger partial charge >= 0.3 is 0 Å². The molecule has 36 heavy (non-hydrogen) atoms. The third-order valence-electron chi connectivity index (χ3n) is 5.36. The molecule has 0 aliphatic rings. The van der Waals surface area contributed by atoms with E-state index in [1.165, 1.54) is 19.6 Å². The molecule has 190 valence electrons. The fourth-order valence-electron chi connectivity index (χ4n) is 3.31. The van der Waals surface area contributed by atoms with E-state index in [-0.39, 0.29) is 10.7 Å². The molecule has 0 aliphatic heterocycles. The van der Waals surface area contributed by atoms with Gasteiger partial charge in [0.25, 0.3) is 17.3 Å². The normalized spacial score (nSPS) is 10.9. The number of amides is 1. The standard InChI is InChI=1S/C18H13N5O5S.C6H15N/c24-17(12-8-13(22(25)26)10-14(9-12)23(27)28)20-21-18(29)19-16-7-3-5-11-4-1-2-6-15(11)16;1-4-7(5-2)6-3/h1-10H,(H,20,24)(H2,19,21,29);4-6H2,1-3H3. The zero-order valence-corrected chi connectivity index (χ0v) is 21.0. The summed E-state index contributed by atoms with van der Waals surface area (Å²) in [5.41, 5.74) is 3.81. The van der Waals surface area contributed by atoms with Gasteiger partial charge in [-0.3, -0.25) is 35.4 Å². The number of carbonyl (C=O) groups excluding carboxylic acids is 1. The van der Waals surface area contributed by atoms with Crippen molar-refractivity contribution in [1.82, 2.24) is 10.9 Å². The number of carbonyl (C=O) groups is 1. The Bertz CT molecular complexity index is 1220. The van der Waals surface area contributed by atoms with Crippen LogP contribution in [0, 0.1) is 20.2 Å². The van der Waals surface area contributed by atoms with Crippen molar-refractivity contribution in [2.24, 2.45) is 4.99 Å². The summed E-state index contributed by atoms with van der Waals surface area (Å²) < 4.78 is 0. The number of rotatable bonds is 7. The average Bonchev–Trinajstić information content (AvgIpc) is 2.88. The summed E-state index contributed by atoms with van der Waals surface area (Å²) in [5.74, 6) is -0.840. The van der Waals surface area contributed by atoms with Gasteiger partial charge in [0.15, 0.2) is 0 Å². The molecule has 1 amide bonds. The zero-order valence-electron chi connectivity index (χ0n) is 20.2. The lowest BCUT2D eigenvalue weighted by Crippen LogP contribution is -3.11. The van der Waals surface area contributed by atoms with Gasteiger partial charge in [-0.15, -0.1) is 0 Å². The Kier molecular flexibility index (Phi) is 10.7. The Morgan fingerprint density at radius 3 is 1.97 bits per heavy atom. The number of nitrogens with one attached hydrogen (secondary N) is 3. The number of quaternary nitrogens is 1. The van der Waals surface area contributed by atoms with E-state index in [1.54, 1.807) is 11.0 Å². The minimum Gasteiger partial charge on any atom is -0.741 e. The van der Waals surface area contributed by atoms with Crippen LogP contribution in [-0.4, -0.2) is 40.6 Å². The Balaban J connectivity index is 0.000000572. The maximum atomic E-state index is 12.2. The SMILES string of the molecule is CC[NH+](CC)CC.O=C(NNC([S-])=Nc1cccc2ccccc12)c1cc([N+](=O)[O-])cc([N+](=O)[O-])c1. The molecule has 0 aliphatic carbocycles. The number of benzene rings is 3. The minimum atomic E-state index is -0.840. The first-order chi connectivity index (χ1) is 17.2. The monoisotopic (exact) mass is 512 g/mol. The van der Waals surface area contributed by atoms with E-state index in [0.717, 1.165) is 29.0 Å². The van der Waals surface area contributed by atoms with E-state index in [1.807, 2.05) is 36.4 Å². The van der Waals surface area contributed by atoms with Crippen LogP contribution in [0.2, 0.25) is 0 Å². The Morgan fingerprint density at radius 1 is 0.889 bits per heavy atom. The van der Waals surface area contributed by atoms with E-state index in [0.29, 0.717) is 5.69 Å². The van der Waals surface area contributed by atoms with Crippen molar-refractivity contribution in [1.29, 1.82) is 0 Å².